The van der Waals surface area contributed by atoms with E-state index in [9.17, 15) is 13.2 Å². The van der Waals surface area contributed by atoms with Crippen LogP contribution >= 0.6 is 11.6 Å². The fraction of sp³-hybridized carbons (Fsp3) is 0.0526. The van der Waals surface area contributed by atoms with Crippen molar-refractivity contribution in [2.45, 2.75) is 11.4 Å². The van der Waals surface area contributed by atoms with Crippen molar-refractivity contribution in [1.29, 1.82) is 0 Å². The number of carbonyl (C=O) groups excluding carboxylic acids is 1. The van der Waals surface area contributed by atoms with Crippen LogP contribution in [0, 0.1) is 0 Å². The predicted octanol–water partition coefficient (Wildman–Crippen LogP) is 3.47. The molecule has 27 heavy (non-hydrogen) atoms. The zero-order valence-corrected chi connectivity index (χ0v) is 15.7. The topological polar surface area (TPSA) is 88.2 Å². The fourth-order valence-corrected chi connectivity index (χ4v) is 3.62. The smallest absolute Gasteiger partial charge is 0.261 e. The van der Waals surface area contributed by atoms with Gasteiger partial charge in [0.2, 0.25) is 0 Å². The number of rotatable bonds is 6. The molecule has 2 N–H and O–H groups in total. The number of nitrogens with one attached hydrogen (secondary N) is 2. The second kappa shape index (κ2) is 8.20. The van der Waals surface area contributed by atoms with Crippen LogP contribution in [0.15, 0.2) is 77.8 Å². The van der Waals surface area contributed by atoms with Crippen LogP contribution < -0.4 is 10.0 Å². The van der Waals surface area contributed by atoms with Gasteiger partial charge in [0.05, 0.1) is 27.7 Å². The minimum Gasteiger partial charge on any atom is -0.346 e. The molecule has 0 radical (unpaired) electrons. The van der Waals surface area contributed by atoms with Crippen LogP contribution in [0.5, 0.6) is 0 Å². The quantitative estimate of drug-likeness (QED) is 0.662. The van der Waals surface area contributed by atoms with Crippen molar-refractivity contribution in [3.05, 3.63) is 89.2 Å². The first-order chi connectivity index (χ1) is 13.0. The Morgan fingerprint density at radius 3 is 2.44 bits per heavy atom. The largest absolute Gasteiger partial charge is 0.346 e. The van der Waals surface area contributed by atoms with Gasteiger partial charge in [0.15, 0.2) is 0 Å². The Bertz CT molecular complexity index is 1040. The highest BCUT2D eigenvalue weighted by Crippen LogP contribution is 2.23. The number of benzene rings is 2. The zero-order valence-electron chi connectivity index (χ0n) is 14.1. The first kappa shape index (κ1) is 18.9. The summed E-state index contributed by atoms with van der Waals surface area (Å²) in [6.07, 6.45) is 1.63. The highest BCUT2D eigenvalue weighted by Gasteiger charge is 2.16. The molecule has 138 valence electrons. The normalized spacial score (nSPS) is 11.0. The van der Waals surface area contributed by atoms with Crippen LogP contribution in [0.2, 0.25) is 5.02 Å². The van der Waals surface area contributed by atoms with Crippen LogP contribution in [-0.2, 0) is 16.6 Å². The Morgan fingerprint density at radius 1 is 1.00 bits per heavy atom. The Morgan fingerprint density at radius 2 is 1.74 bits per heavy atom. The van der Waals surface area contributed by atoms with E-state index < -0.39 is 15.9 Å². The zero-order chi connectivity index (χ0) is 19.3. The Labute approximate surface area is 162 Å². The summed E-state index contributed by atoms with van der Waals surface area (Å²) in [5, 5.41) is 2.93. The lowest BCUT2D eigenvalue weighted by atomic mass is 10.2. The van der Waals surface area contributed by atoms with E-state index in [4.69, 9.17) is 11.6 Å². The number of sulfonamides is 1. The molecular weight excluding hydrogens is 386 g/mol. The molecule has 0 bridgehead atoms. The average molecular weight is 402 g/mol. The first-order valence-electron chi connectivity index (χ1n) is 8.01. The third-order valence-electron chi connectivity index (χ3n) is 3.67. The minimum absolute atomic E-state index is 0.126. The van der Waals surface area contributed by atoms with E-state index in [0.717, 1.165) is 0 Å². The van der Waals surface area contributed by atoms with Gasteiger partial charge in [-0.15, -0.1) is 0 Å². The summed E-state index contributed by atoms with van der Waals surface area (Å²) in [5.74, 6) is -0.425. The van der Waals surface area contributed by atoms with Crippen LogP contribution in [-0.4, -0.2) is 19.3 Å². The van der Waals surface area contributed by atoms with Crippen LogP contribution in [0.1, 0.15) is 16.1 Å². The number of nitrogens with zero attached hydrogens (tertiary/aromatic N) is 1. The standard InChI is InChI=1S/C19H16ClN3O3S/c20-18-10-9-14(23-27(25,26)16-7-2-1-3-8-16)12-17(18)19(24)22-13-15-6-4-5-11-21-15/h1-12,23H,13H2,(H,22,24). The number of pyridine rings is 1. The number of hydrogen-bond acceptors (Lipinski definition) is 4. The summed E-state index contributed by atoms with van der Waals surface area (Å²) in [4.78, 5) is 16.7. The summed E-state index contributed by atoms with van der Waals surface area (Å²) in [6, 6.07) is 17.7. The molecule has 1 aromatic heterocycles. The van der Waals surface area contributed by atoms with E-state index in [-0.39, 0.29) is 27.7 Å². The average Bonchev–Trinajstić information content (AvgIpc) is 2.69. The lowest BCUT2D eigenvalue weighted by Gasteiger charge is -2.11. The summed E-state index contributed by atoms with van der Waals surface area (Å²) >= 11 is 6.11. The molecular formula is C19H16ClN3O3S. The van der Waals surface area contributed by atoms with Gasteiger partial charge in [0.1, 0.15) is 0 Å². The highest BCUT2D eigenvalue weighted by molar-refractivity contribution is 7.92. The monoisotopic (exact) mass is 401 g/mol. The first-order valence-corrected chi connectivity index (χ1v) is 9.87. The molecule has 0 spiro atoms. The van der Waals surface area contributed by atoms with Crippen molar-refractivity contribution in [3.63, 3.8) is 0 Å². The summed E-state index contributed by atoms with van der Waals surface area (Å²) in [6.45, 7) is 0.232. The van der Waals surface area contributed by atoms with Crippen molar-refractivity contribution in [1.82, 2.24) is 10.3 Å². The third kappa shape index (κ3) is 4.84. The number of carbonyl (C=O) groups is 1. The second-order valence-electron chi connectivity index (χ2n) is 5.62. The maximum Gasteiger partial charge on any atom is 0.261 e. The van der Waals surface area contributed by atoms with Crippen LogP contribution in [0.4, 0.5) is 5.69 Å². The van der Waals surface area contributed by atoms with Gasteiger partial charge in [-0.3, -0.25) is 14.5 Å². The molecule has 0 fully saturated rings. The molecule has 3 rings (SSSR count). The molecule has 0 saturated carbocycles. The maximum atomic E-state index is 12.4. The molecule has 0 aliphatic rings. The lowest BCUT2D eigenvalue weighted by Crippen LogP contribution is -2.24. The van der Waals surface area contributed by atoms with Gasteiger partial charge >= 0.3 is 0 Å². The molecule has 0 saturated heterocycles. The van der Waals surface area contributed by atoms with E-state index in [2.05, 4.69) is 15.0 Å². The fourth-order valence-electron chi connectivity index (χ4n) is 2.35. The third-order valence-corrected chi connectivity index (χ3v) is 5.40. The highest BCUT2D eigenvalue weighted by atomic mass is 35.5. The van der Waals surface area contributed by atoms with Gasteiger partial charge in [0, 0.05) is 11.9 Å². The van der Waals surface area contributed by atoms with Crippen molar-refractivity contribution in [2.75, 3.05) is 4.72 Å². The second-order valence-corrected chi connectivity index (χ2v) is 7.71. The van der Waals surface area contributed by atoms with Gasteiger partial charge < -0.3 is 5.32 Å². The number of anilines is 1. The van der Waals surface area contributed by atoms with Crippen molar-refractivity contribution >= 4 is 33.2 Å². The number of aromatic nitrogens is 1. The van der Waals surface area contributed by atoms with Gasteiger partial charge in [-0.2, -0.15) is 0 Å². The van der Waals surface area contributed by atoms with Crippen LogP contribution in [0.25, 0.3) is 0 Å². The molecule has 6 nitrogen and oxygen atoms in total. The molecule has 3 aromatic rings. The molecule has 2 aromatic carbocycles. The Kier molecular flexibility index (Phi) is 5.73. The van der Waals surface area contributed by atoms with Crippen molar-refractivity contribution < 1.29 is 13.2 Å². The van der Waals surface area contributed by atoms with Crippen molar-refractivity contribution in [3.8, 4) is 0 Å². The van der Waals surface area contributed by atoms with Gasteiger partial charge in [-0.05, 0) is 42.5 Å². The van der Waals surface area contributed by atoms with Gasteiger partial charge in [-0.1, -0.05) is 35.9 Å². The SMILES string of the molecule is O=C(NCc1ccccn1)c1cc(NS(=O)(=O)c2ccccc2)ccc1Cl. The lowest BCUT2D eigenvalue weighted by molar-refractivity contribution is 0.0950. The van der Waals surface area contributed by atoms with E-state index in [1.165, 1.54) is 30.3 Å². The Balaban J connectivity index is 1.77. The maximum absolute atomic E-state index is 12.4. The van der Waals surface area contributed by atoms with E-state index in [0.29, 0.717) is 5.69 Å². The molecule has 1 heterocycles. The molecule has 0 atom stereocenters. The number of amides is 1. The number of halogens is 1. The van der Waals surface area contributed by atoms with Crippen molar-refractivity contribution in [2.24, 2.45) is 0 Å². The molecule has 0 aliphatic carbocycles. The predicted molar refractivity (Wildman–Crippen MR) is 104 cm³/mol. The molecule has 1 amide bonds. The summed E-state index contributed by atoms with van der Waals surface area (Å²) < 4.78 is 27.3. The molecule has 0 aliphatic heterocycles. The summed E-state index contributed by atoms with van der Waals surface area (Å²) in [7, 11) is -3.76. The van der Waals surface area contributed by atoms with E-state index in [1.807, 2.05) is 6.07 Å². The minimum atomic E-state index is -3.76. The molecule has 0 unspecified atom stereocenters. The van der Waals surface area contributed by atoms with Crippen LogP contribution in [0.3, 0.4) is 0 Å². The van der Waals surface area contributed by atoms with Gasteiger partial charge in [-0.25, -0.2) is 8.42 Å². The molecule has 8 heteroatoms. The summed E-state index contributed by atoms with van der Waals surface area (Å²) in [5.41, 5.74) is 1.11. The van der Waals surface area contributed by atoms with Gasteiger partial charge in [0.25, 0.3) is 15.9 Å². The Hall–Kier alpha value is -2.90. The van der Waals surface area contributed by atoms with E-state index in [1.54, 1.807) is 36.5 Å². The van der Waals surface area contributed by atoms with E-state index >= 15 is 0 Å². The number of hydrogen-bond donors (Lipinski definition) is 2.